The van der Waals surface area contributed by atoms with Crippen LogP contribution in [0.25, 0.3) is 22.8 Å². The smallest absolute Gasteiger partial charge is 0.342 e. The SMILES string of the molecule is CC(C)C[C@H](N[C@@H](c1ccc(-c2nc(-c3cncc(Br)c3)no2)cc1)C(F)(F)F)C(=O)NCC#N. The van der Waals surface area contributed by atoms with Gasteiger partial charge in [0.05, 0.1) is 12.1 Å². The van der Waals surface area contributed by atoms with Crippen molar-refractivity contribution in [2.24, 2.45) is 5.92 Å². The van der Waals surface area contributed by atoms with Crippen molar-refractivity contribution >= 4 is 21.8 Å². The highest BCUT2D eigenvalue weighted by Crippen LogP contribution is 2.34. The number of hydrogen-bond donors (Lipinski definition) is 2. The molecule has 0 aliphatic rings. The lowest BCUT2D eigenvalue weighted by Crippen LogP contribution is -2.49. The number of nitriles is 1. The molecule has 1 amide bonds. The highest BCUT2D eigenvalue weighted by molar-refractivity contribution is 9.10. The van der Waals surface area contributed by atoms with Gasteiger partial charge < -0.3 is 9.84 Å². The molecule has 1 aromatic carbocycles. The van der Waals surface area contributed by atoms with E-state index in [4.69, 9.17) is 9.78 Å². The predicted octanol–water partition coefficient (Wildman–Crippen LogP) is 4.81. The van der Waals surface area contributed by atoms with Crippen molar-refractivity contribution in [1.82, 2.24) is 25.8 Å². The topological polar surface area (TPSA) is 117 Å². The number of nitrogens with zero attached hydrogens (tertiary/aromatic N) is 4. The third-order valence-corrected chi connectivity index (χ3v) is 5.37. The molecule has 12 heteroatoms. The van der Waals surface area contributed by atoms with Gasteiger partial charge in [-0.15, -0.1) is 0 Å². The molecule has 0 aliphatic heterocycles. The first kappa shape index (κ1) is 26.3. The van der Waals surface area contributed by atoms with Crippen LogP contribution in [0.4, 0.5) is 13.2 Å². The van der Waals surface area contributed by atoms with Crippen LogP contribution in [0, 0.1) is 17.2 Å². The van der Waals surface area contributed by atoms with Crippen LogP contribution in [0.5, 0.6) is 0 Å². The first-order chi connectivity index (χ1) is 16.6. The first-order valence-electron chi connectivity index (χ1n) is 10.6. The van der Waals surface area contributed by atoms with Gasteiger partial charge in [-0.2, -0.15) is 23.4 Å². The molecular weight excluding hydrogens is 529 g/mol. The zero-order chi connectivity index (χ0) is 25.6. The number of carbonyl (C=O) groups excluding carboxylic acids is 1. The third-order valence-electron chi connectivity index (χ3n) is 4.94. The number of carbonyl (C=O) groups is 1. The summed E-state index contributed by atoms with van der Waals surface area (Å²) in [6.45, 7) is 3.31. The predicted molar refractivity (Wildman–Crippen MR) is 124 cm³/mol. The van der Waals surface area contributed by atoms with Crippen LogP contribution in [0.15, 0.2) is 51.7 Å². The van der Waals surface area contributed by atoms with Gasteiger partial charge in [-0.3, -0.25) is 15.1 Å². The number of halogens is 4. The van der Waals surface area contributed by atoms with Crippen molar-refractivity contribution < 1.29 is 22.5 Å². The van der Waals surface area contributed by atoms with Crippen LogP contribution in [-0.2, 0) is 4.79 Å². The van der Waals surface area contributed by atoms with Gasteiger partial charge in [0.1, 0.15) is 12.6 Å². The molecule has 8 nitrogen and oxygen atoms in total. The van der Waals surface area contributed by atoms with Crippen molar-refractivity contribution in [2.75, 3.05) is 6.54 Å². The Balaban J connectivity index is 1.83. The Labute approximate surface area is 208 Å². The Morgan fingerprint density at radius 1 is 1.20 bits per heavy atom. The maximum Gasteiger partial charge on any atom is 0.407 e. The molecule has 184 valence electrons. The summed E-state index contributed by atoms with van der Waals surface area (Å²) in [5, 5.41) is 17.3. The van der Waals surface area contributed by atoms with E-state index >= 15 is 0 Å². The van der Waals surface area contributed by atoms with Gasteiger partial charge in [0.25, 0.3) is 5.89 Å². The number of alkyl halides is 3. The van der Waals surface area contributed by atoms with Gasteiger partial charge >= 0.3 is 6.18 Å². The number of amides is 1. The standard InChI is InChI=1S/C23H22BrF3N6O2/c1-13(2)9-18(21(34)30-8-7-28)31-19(23(25,26)27)14-3-5-15(6-4-14)22-32-20(33-35-22)16-10-17(24)12-29-11-16/h3-6,10-13,18-19,31H,8-9H2,1-2H3,(H,30,34)/t18-,19-/m0/s1. The number of hydrogen-bond acceptors (Lipinski definition) is 7. The highest BCUT2D eigenvalue weighted by Gasteiger charge is 2.43. The molecule has 3 rings (SSSR count). The van der Waals surface area contributed by atoms with E-state index in [9.17, 15) is 18.0 Å². The van der Waals surface area contributed by atoms with Gasteiger partial charge in [0, 0.05) is 28.0 Å². The normalized spacial score (nSPS) is 13.3. The molecule has 0 bridgehead atoms. The van der Waals surface area contributed by atoms with Crippen LogP contribution < -0.4 is 10.6 Å². The van der Waals surface area contributed by atoms with Crippen LogP contribution in [0.1, 0.15) is 31.9 Å². The van der Waals surface area contributed by atoms with Crippen LogP contribution in [0.2, 0.25) is 0 Å². The van der Waals surface area contributed by atoms with Gasteiger partial charge in [-0.05, 0) is 52.0 Å². The van der Waals surface area contributed by atoms with E-state index in [1.165, 1.54) is 24.3 Å². The number of aromatic nitrogens is 3. The maximum absolute atomic E-state index is 14.0. The quantitative estimate of drug-likeness (QED) is 0.367. The Bertz CT molecular complexity index is 1190. The summed E-state index contributed by atoms with van der Waals surface area (Å²) in [6, 6.07) is 5.76. The molecule has 2 atom stereocenters. The van der Waals surface area contributed by atoms with Crippen molar-refractivity contribution in [1.29, 1.82) is 5.26 Å². The Kier molecular flexibility index (Phi) is 8.58. The number of rotatable bonds is 9. The summed E-state index contributed by atoms with van der Waals surface area (Å²) in [4.78, 5) is 20.7. The minimum atomic E-state index is -4.67. The molecule has 3 aromatic rings. The average molecular weight is 551 g/mol. The second kappa shape index (κ2) is 11.4. The highest BCUT2D eigenvalue weighted by atomic mass is 79.9. The summed E-state index contributed by atoms with van der Waals surface area (Å²) in [5.41, 5.74) is 0.957. The lowest BCUT2D eigenvalue weighted by Gasteiger charge is -2.28. The second-order valence-corrected chi connectivity index (χ2v) is 9.05. The van der Waals surface area contributed by atoms with E-state index < -0.39 is 24.2 Å². The Morgan fingerprint density at radius 3 is 2.51 bits per heavy atom. The van der Waals surface area contributed by atoms with E-state index in [0.717, 1.165) is 4.47 Å². The van der Waals surface area contributed by atoms with Crippen molar-refractivity contribution in [3.8, 4) is 28.9 Å². The largest absolute Gasteiger partial charge is 0.407 e. The Hall–Kier alpha value is -3.30. The minimum Gasteiger partial charge on any atom is -0.342 e. The lowest BCUT2D eigenvalue weighted by molar-refractivity contribution is -0.161. The van der Waals surface area contributed by atoms with Crippen molar-refractivity contribution in [2.45, 2.75) is 38.5 Å². The zero-order valence-corrected chi connectivity index (χ0v) is 20.4. The molecule has 0 saturated carbocycles. The fourth-order valence-electron chi connectivity index (χ4n) is 3.36. The van der Waals surface area contributed by atoms with Crippen LogP contribution in [-0.4, -0.2) is 39.8 Å². The van der Waals surface area contributed by atoms with Crippen LogP contribution >= 0.6 is 15.9 Å². The fourth-order valence-corrected chi connectivity index (χ4v) is 3.73. The summed E-state index contributed by atoms with van der Waals surface area (Å²) < 4.78 is 47.9. The molecule has 35 heavy (non-hydrogen) atoms. The molecule has 0 saturated heterocycles. The van der Waals surface area contributed by atoms with E-state index in [1.807, 2.05) is 0 Å². The van der Waals surface area contributed by atoms with Gasteiger partial charge in [0.15, 0.2) is 0 Å². The summed E-state index contributed by atoms with van der Waals surface area (Å²) in [5.74, 6) is -0.292. The summed E-state index contributed by atoms with van der Waals surface area (Å²) in [6.07, 6.45) is -1.34. The van der Waals surface area contributed by atoms with Crippen molar-refractivity contribution in [3.05, 3.63) is 52.8 Å². The first-order valence-corrected chi connectivity index (χ1v) is 11.4. The van der Waals surface area contributed by atoms with E-state index in [2.05, 4.69) is 41.7 Å². The lowest BCUT2D eigenvalue weighted by atomic mass is 9.99. The number of benzene rings is 1. The second-order valence-electron chi connectivity index (χ2n) is 8.14. The molecule has 0 radical (unpaired) electrons. The molecule has 2 heterocycles. The van der Waals surface area contributed by atoms with E-state index in [1.54, 1.807) is 38.4 Å². The Morgan fingerprint density at radius 2 is 1.91 bits per heavy atom. The molecular formula is C23H22BrF3N6O2. The van der Waals surface area contributed by atoms with Crippen molar-refractivity contribution in [3.63, 3.8) is 0 Å². The summed E-state index contributed by atoms with van der Waals surface area (Å²) in [7, 11) is 0. The monoisotopic (exact) mass is 550 g/mol. The van der Waals surface area contributed by atoms with Gasteiger partial charge in [0.2, 0.25) is 11.7 Å². The minimum absolute atomic E-state index is 0.0521. The van der Waals surface area contributed by atoms with Gasteiger partial charge in [-0.1, -0.05) is 31.1 Å². The molecule has 2 N–H and O–H groups in total. The molecule has 0 spiro atoms. The zero-order valence-electron chi connectivity index (χ0n) is 18.8. The number of pyridine rings is 1. The molecule has 2 aromatic heterocycles. The number of nitrogens with one attached hydrogen (secondary N) is 2. The van der Waals surface area contributed by atoms with E-state index in [-0.39, 0.29) is 36.2 Å². The third kappa shape index (κ3) is 7.10. The molecule has 0 aliphatic carbocycles. The van der Waals surface area contributed by atoms with Gasteiger partial charge in [-0.25, -0.2) is 0 Å². The fraction of sp³-hybridized carbons (Fsp3) is 0.348. The van der Waals surface area contributed by atoms with Crippen LogP contribution in [0.3, 0.4) is 0 Å². The van der Waals surface area contributed by atoms with E-state index in [0.29, 0.717) is 11.1 Å². The average Bonchev–Trinajstić information content (AvgIpc) is 3.30. The summed E-state index contributed by atoms with van der Waals surface area (Å²) >= 11 is 3.31. The molecule has 0 fully saturated rings. The molecule has 0 unspecified atom stereocenters. The maximum atomic E-state index is 14.0.